The van der Waals surface area contributed by atoms with Crippen LogP contribution in [-0.2, 0) is 21.6 Å². The highest BCUT2D eigenvalue weighted by Gasteiger charge is 2.19. The van der Waals surface area contributed by atoms with Gasteiger partial charge in [-0.2, -0.15) is 5.26 Å². The smallest absolute Gasteiger partial charge is 0.307 e. The molecule has 38 heavy (non-hydrogen) atoms. The number of nitriles is 1. The molecule has 1 aromatic heterocycles. The van der Waals surface area contributed by atoms with Gasteiger partial charge in [-0.05, 0) is 62.6 Å². The van der Waals surface area contributed by atoms with Gasteiger partial charge in [0.25, 0.3) is 0 Å². The van der Waals surface area contributed by atoms with E-state index in [0.717, 1.165) is 27.8 Å². The van der Waals surface area contributed by atoms with E-state index in [2.05, 4.69) is 27.9 Å². The van der Waals surface area contributed by atoms with Crippen molar-refractivity contribution in [3.05, 3.63) is 77.5 Å². The van der Waals surface area contributed by atoms with Crippen molar-refractivity contribution in [1.29, 1.82) is 5.26 Å². The van der Waals surface area contributed by atoms with E-state index in [-0.39, 0.29) is 24.9 Å². The number of carbonyl (C=O) groups excluding carboxylic acids is 1. The lowest BCUT2D eigenvalue weighted by Crippen LogP contribution is -2.13. The Morgan fingerprint density at radius 1 is 1.16 bits per heavy atom. The van der Waals surface area contributed by atoms with E-state index in [0.29, 0.717) is 18.2 Å². The number of hydrogen-bond acceptors (Lipinski definition) is 6. The SMILES string of the molecule is CC#C[C@@H](CC(=O)OCC)c1ccc(OCc2cc(-c3ccc(C(C)(C)C#N)cc3)cnc2N=CN)cc1. The molecule has 2 aromatic carbocycles. The molecule has 3 rings (SSSR count). The van der Waals surface area contributed by atoms with Crippen LogP contribution < -0.4 is 10.5 Å². The summed E-state index contributed by atoms with van der Waals surface area (Å²) in [6.45, 7) is 7.89. The molecule has 3 aromatic rings. The van der Waals surface area contributed by atoms with Crippen LogP contribution in [0.1, 0.15) is 56.7 Å². The number of nitrogens with zero attached hydrogens (tertiary/aromatic N) is 3. The average molecular weight is 509 g/mol. The molecule has 7 heteroatoms. The first-order valence-corrected chi connectivity index (χ1v) is 12.4. The van der Waals surface area contributed by atoms with Crippen molar-refractivity contribution in [2.24, 2.45) is 10.7 Å². The van der Waals surface area contributed by atoms with Gasteiger partial charge < -0.3 is 15.2 Å². The molecule has 1 heterocycles. The second-order valence-corrected chi connectivity index (χ2v) is 9.11. The lowest BCUT2D eigenvalue weighted by Gasteiger charge is -2.16. The Hall–Kier alpha value is -4.62. The third kappa shape index (κ3) is 7.21. The Morgan fingerprint density at radius 2 is 1.87 bits per heavy atom. The third-order valence-electron chi connectivity index (χ3n) is 6.03. The molecule has 0 aliphatic rings. The Labute approximate surface area is 224 Å². The standard InChI is InChI=1S/C31H32N4O3/c1-5-7-24(17-29(36)37-6-2)22-10-14-28(15-11-22)38-19-26-16-25(18-34-30(26)35-21-33)23-8-12-27(13-9-23)31(3,4)20-32/h8-16,18,21,24H,6,17,19H2,1-4H3,(H2,33,34,35)/t24-/m0/s1. The summed E-state index contributed by atoms with van der Waals surface area (Å²) in [7, 11) is 0. The molecular weight excluding hydrogens is 476 g/mol. The van der Waals surface area contributed by atoms with Crippen LogP contribution in [0.2, 0.25) is 0 Å². The number of esters is 1. The molecule has 1 atom stereocenters. The van der Waals surface area contributed by atoms with Crippen molar-refractivity contribution in [3.8, 4) is 34.8 Å². The first kappa shape index (κ1) is 28.0. The number of benzene rings is 2. The van der Waals surface area contributed by atoms with E-state index in [1.54, 1.807) is 20.0 Å². The van der Waals surface area contributed by atoms with Crippen LogP contribution in [0.5, 0.6) is 5.75 Å². The van der Waals surface area contributed by atoms with Crippen LogP contribution in [-0.4, -0.2) is 23.9 Å². The van der Waals surface area contributed by atoms with Gasteiger partial charge in [-0.15, -0.1) is 5.92 Å². The largest absolute Gasteiger partial charge is 0.489 e. The van der Waals surface area contributed by atoms with Crippen LogP contribution >= 0.6 is 0 Å². The van der Waals surface area contributed by atoms with Gasteiger partial charge in [-0.1, -0.05) is 42.3 Å². The highest BCUT2D eigenvalue weighted by molar-refractivity contribution is 5.71. The zero-order chi connectivity index (χ0) is 27.5. The Kier molecular flexibility index (Phi) is 9.62. The first-order valence-electron chi connectivity index (χ1n) is 12.4. The second-order valence-electron chi connectivity index (χ2n) is 9.11. The van der Waals surface area contributed by atoms with Crippen molar-refractivity contribution >= 4 is 18.1 Å². The summed E-state index contributed by atoms with van der Waals surface area (Å²) >= 11 is 0. The molecule has 0 saturated carbocycles. The van der Waals surface area contributed by atoms with Crippen molar-refractivity contribution in [2.45, 2.75) is 52.1 Å². The van der Waals surface area contributed by atoms with Gasteiger partial charge in [0, 0.05) is 17.3 Å². The van der Waals surface area contributed by atoms with E-state index in [9.17, 15) is 10.1 Å². The van der Waals surface area contributed by atoms with Crippen molar-refractivity contribution in [3.63, 3.8) is 0 Å². The van der Waals surface area contributed by atoms with Gasteiger partial charge in [0.2, 0.25) is 0 Å². The summed E-state index contributed by atoms with van der Waals surface area (Å²) in [6, 6.07) is 19.7. The molecule has 0 spiro atoms. The summed E-state index contributed by atoms with van der Waals surface area (Å²) < 4.78 is 11.1. The van der Waals surface area contributed by atoms with E-state index in [1.165, 1.54) is 6.34 Å². The minimum Gasteiger partial charge on any atom is -0.489 e. The van der Waals surface area contributed by atoms with Crippen molar-refractivity contribution in [1.82, 2.24) is 4.98 Å². The van der Waals surface area contributed by atoms with Crippen LogP contribution in [0.3, 0.4) is 0 Å². The molecule has 0 saturated heterocycles. The highest BCUT2D eigenvalue weighted by atomic mass is 16.5. The maximum Gasteiger partial charge on any atom is 0.307 e. The van der Waals surface area contributed by atoms with E-state index >= 15 is 0 Å². The monoisotopic (exact) mass is 508 g/mol. The fourth-order valence-electron chi connectivity index (χ4n) is 3.87. The normalized spacial score (nSPS) is 11.8. The maximum absolute atomic E-state index is 12.0. The molecule has 194 valence electrons. The second kappa shape index (κ2) is 13.1. The third-order valence-corrected chi connectivity index (χ3v) is 6.03. The molecule has 0 radical (unpaired) electrons. The van der Waals surface area contributed by atoms with E-state index in [1.807, 2.05) is 68.4 Å². The molecular formula is C31H32N4O3. The van der Waals surface area contributed by atoms with Crippen LogP contribution in [0.15, 0.2) is 65.8 Å². The summed E-state index contributed by atoms with van der Waals surface area (Å²) in [5, 5.41) is 9.40. The van der Waals surface area contributed by atoms with Crippen molar-refractivity contribution < 1.29 is 14.3 Å². The lowest BCUT2D eigenvalue weighted by molar-refractivity contribution is -0.143. The predicted molar refractivity (Wildman–Crippen MR) is 149 cm³/mol. The van der Waals surface area contributed by atoms with Crippen LogP contribution in [0, 0.1) is 23.2 Å². The minimum atomic E-state index is -0.563. The Balaban J connectivity index is 1.78. The zero-order valence-corrected chi connectivity index (χ0v) is 22.2. The number of rotatable bonds is 10. The minimum absolute atomic E-state index is 0.197. The fourth-order valence-corrected chi connectivity index (χ4v) is 3.87. The molecule has 2 N–H and O–H groups in total. The number of nitrogens with two attached hydrogens (primary N) is 1. The number of hydrogen-bond donors (Lipinski definition) is 1. The molecule has 0 unspecified atom stereocenters. The quantitative estimate of drug-likeness (QED) is 0.160. The topological polar surface area (TPSA) is 111 Å². The fraction of sp³-hybridized carbons (Fsp3) is 0.290. The van der Waals surface area contributed by atoms with Gasteiger partial charge in [0.1, 0.15) is 12.4 Å². The Morgan fingerprint density at radius 3 is 2.47 bits per heavy atom. The Bertz CT molecular complexity index is 1380. The number of carbonyl (C=O) groups is 1. The molecule has 0 fully saturated rings. The number of pyridine rings is 1. The number of ether oxygens (including phenoxy) is 2. The molecule has 0 amide bonds. The van der Waals surface area contributed by atoms with Crippen LogP contribution in [0.25, 0.3) is 11.1 Å². The maximum atomic E-state index is 12.0. The van der Waals surface area contributed by atoms with E-state index in [4.69, 9.17) is 15.2 Å². The van der Waals surface area contributed by atoms with Gasteiger partial charge in [-0.3, -0.25) is 4.79 Å². The van der Waals surface area contributed by atoms with Crippen molar-refractivity contribution in [2.75, 3.05) is 6.61 Å². The van der Waals surface area contributed by atoms with Gasteiger partial charge in [0.05, 0.1) is 36.8 Å². The summed E-state index contributed by atoms with van der Waals surface area (Å²) in [5.74, 6) is 6.58. The van der Waals surface area contributed by atoms with Gasteiger partial charge in [-0.25, -0.2) is 9.98 Å². The predicted octanol–water partition coefficient (Wildman–Crippen LogP) is 5.81. The number of aromatic nitrogens is 1. The van der Waals surface area contributed by atoms with E-state index < -0.39 is 5.41 Å². The summed E-state index contributed by atoms with van der Waals surface area (Å²) in [6.07, 6.45) is 3.14. The summed E-state index contributed by atoms with van der Waals surface area (Å²) in [4.78, 5) is 20.6. The molecule has 0 bridgehead atoms. The van der Waals surface area contributed by atoms with Crippen LogP contribution in [0.4, 0.5) is 5.82 Å². The average Bonchev–Trinajstić information content (AvgIpc) is 2.93. The first-order chi connectivity index (χ1) is 18.3. The molecule has 0 aliphatic carbocycles. The molecule has 7 nitrogen and oxygen atoms in total. The zero-order valence-electron chi connectivity index (χ0n) is 22.2. The number of aliphatic imine (C=N–C) groups is 1. The highest BCUT2D eigenvalue weighted by Crippen LogP contribution is 2.29. The summed E-state index contributed by atoms with van der Waals surface area (Å²) in [5.41, 5.74) is 9.47. The lowest BCUT2D eigenvalue weighted by atomic mass is 9.85. The van der Waals surface area contributed by atoms with Gasteiger partial charge in [0.15, 0.2) is 5.82 Å². The van der Waals surface area contributed by atoms with Gasteiger partial charge >= 0.3 is 5.97 Å². The molecule has 0 aliphatic heterocycles.